The quantitative estimate of drug-likeness (QED) is 0.103. The van der Waals surface area contributed by atoms with Crippen LogP contribution in [0.1, 0.15) is 51.3 Å². The number of carbonyl (C=O) groups excluding carboxylic acids is 2. The molecular weight excluding hydrogens is 653 g/mol. The summed E-state index contributed by atoms with van der Waals surface area (Å²) in [5.41, 5.74) is 4.64. The minimum atomic E-state index is -0.943. The highest BCUT2D eigenvalue weighted by Crippen LogP contribution is 2.27. The summed E-state index contributed by atoms with van der Waals surface area (Å²) in [6.45, 7) is 2.64. The Kier molecular flexibility index (Phi) is 10.6. The van der Waals surface area contributed by atoms with Crippen LogP contribution in [0.25, 0.3) is 11.3 Å². The van der Waals surface area contributed by atoms with Crippen molar-refractivity contribution in [3.05, 3.63) is 117 Å². The first-order valence-electron chi connectivity index (χ1n) is 13.0. The minimum Gasteiger partial charge on any atom is -0.467 e. The zero-order valence-corrected chi connectivity index (χ0v) is 25.5. The van der Waals surface area contributed by atoms with E-state index in [0.29, 0.717) is 23.4 Å². The van der Waals surface area contributed by atoms with E-state index < -0.39 is 17.9 Å². The molecule has 1 aromatic heterocycles. The van der Waals surface area contributed by atoms with Crippen molar-refractivity contribution in [2.24, 2.45) is 0 Å². The maximum atomic E-state index is 13.2. The lowest BCUT2D eigenvalue weighted by Crippen LogP contribution is -2.43. The summed E-state index contributed by atoms with van der Waals surface area (Å²) in [4.78, 5) is 25.7. The third kappa shape index (κ3) is 7.97. The summed E-state index contributed by atoms with van der Waals surface area (Å²) in [7, 11) is 1.26. The lowest BCUT2D eigenvalue weighted by molar-refractivity contribution is -0.142. The van der Waals surface area contributed by atoms with Gasteiger partial charge in [0, 0.05) is 22.5 Å². The third-order valence-corrected chi connectivity index (χ3v) is 7.90. The van der Waals surface area contributed by atoms with Crippen LogP contribution >= 0.6 is 34.2 Å². The second-order valence-corrected chi connectivity index (χ2v) is 10.7. The summed E-state index contributed by atoms with van der Waals surface area (Å²) in [6, 6.07) is 25.4. The fraction of sp³-hybridized carbons (Fsp3) is 0.219. The number of furan rings is 1. The largest absolute Gasteiger partial charge is 0.467 e. The molecule has 0 aliphatic heterocycles. The van der Waals surface area contributed by atoms with Gasteiger partial charge in [-0.05, 0) is 66.1 Å². The summed E-state index contributed by atoms with van der Waals surface area (Å²) >= 11 is 8.74. The first-order valence-corrected chi connectivity index (χ1v) is 14.9. The molecule has 0 unspecified atom stereocenters. The Bertz CT molecular complexity index is 1540. The van der Waals surface area contributed by atoms with Crippen LogP contribution in [0.5, 0.6) is 0 Å². The molecule has 0 spiro atoms. The number of rotatable bonds is 11. The highest BCUT2D eigenvalue weighted by atomic mass is 127. The van der Waals surface area contributed by atoms with Gasteiger partial charge in [-0.2, -0.15) is 5.26 Å². The third-order valence-electron chi connectivity index (χ3n) is 6.69. The number of hydrogen-bond donors (Lipinski definition) is 2. The van der Waals surface area contributed by atoms with Gasteiger partial charge in [0.2, 0.25) is 0 Å². The van der Waals surface area contributed by atoms with Crippen molar-refractivity contribution in [2.75, 3.05) is 7.11 Å². The van der Waals surface area contributed by atoms with Gasteiger partial charge in [-0.15, -0.1) is 0 Å². The van der Waals surface area contributed by atoms with Gasteiger partial charge in [0.1, 0.15) is 17.6 Å². The zero-order chi connectivity index (χ0) is 29.4. The number of carbonyl (C=O) groups is 2. The molecule has 0 aliphatic carbocycles. The second-order valence-electron chi connectivity index (χ2n) is 9.50. The predicted molar refractivity (Wildman–Crippen MR) is 167 cm³/mol. The monoisotopic (exact) mass is 681 g/mol. The van der Waals surface area contributed by atoms with Crippen LogP contribution in [0.4, 0.5) is 0 Å². The van der Waals surface area contributed by atoms with Crippen LogP contribution in [-0.2, 0) is 26.9 Å². The average Bonchev–Trinajstić information content (AvgIpc) is 3.48. The molecule has 0 radical (unpaired) electrons. The van der Waals surface area contributed by atoms with Crippen LogP contribution in [0, 0.1) is 11.3 Å². The van der Waals surface area contributed by atoms with Gasteiger partial charge in [0.15, 0.2) is 0 Å². The van der Waals surface area contributed by atoms with Gasteiger partial charge >= 0.3 is 5.97 Å². The van der Waals surface area contributed by atoms with Crippen LogP contribution in [0.2, 0.25) is 5.02 Å². The molecule has 0 aliphatic rings. The SMILES string of the molecule is COC(=O)[C@@H](Cc1ccc(C#N)cc1)NC(=O)c1cc(-c2ccc(CN[C@H](C)c3ccc(CI)cc3)o2)ccc1Cl. The van der Waals surface area contributed by atoms with E-state index in [0.717, 1.165) is 15.8 Å². The Morgan fingerprint density at radius 1 is 1.02 bits per heavy atom. The number of nitrogens with zero attached hydrogens (tertiary/aromatic N) is 1. The molecule has 2 atom stereocenters. The molecule has 210 valence electrons. The lowest BCUT2D eigenvalue weighted by atomic mass is 10.0. The molecule has 0 bridgehead atoms. The van der Waals surface area contributed by atoms with Crippen LogP contribution in [-0.4, -0.2) is 25.0 Å². The van der Waals surface area contributed by atoms with Crippen molar-refractivity contribution >= 4 is 46.1 Å². The van der Waals surface area contributed by atoms with E-state index in [4.69, 9.17) is 26.0 Å². The molecule has 7 nitrogen and oxygen atoms in total. The molecule has 0 fully saturated rings. The van der Waals surface area contributed by atoms with Crippen molar-refractivity contribution in [1.29, 1.82) is 5.26 Å². The summed E-state index contributed by atoms with van der Waals surface area (Å²) in [5.74, 6) is 0.239. The molecule has 4 aromatic rings. The predicted octanol–water partition coefficient (Wildman–Crippen LogP) is 6.77. The smallest absolute Gasteiger partial charge is 0.328 e. The Labute approximate surface area is 258 Å². The van der Waals surface area contributed by atoms with Crippen molar-refractivity contribution in [3.8, 4) is 17.4 Å². The molecular formula is C32H29ClIN3O4. The zero-order valence-electron chi connectivity index (χ0n) is 22.6. The highest BCUT2D eigenvalue weighted by molar-refractivity contribution is 14.1. The number of ether oxygens (including phenoxy) is 1. The van der Waals surface area contributed by atoms with Crippen molar-refractivity contribution in [3.63, 3.8) is 0 Å². The number of nitriles is 1. The molecule has 4 rings (SSSR count). The lowest BCUT2D eigenvalue weighted by Gasteiger charge is -2.17. The average molecular weight is 682 g/mol. The molecule has 3 aromatic carbocycles. The van der Waals surface area contributed by atoms with Crippen LogP contribution < -0.4 is 10.6 Å². The van der Waals surface area contributed by atoms with E-state index in [9.17, 15) is 9.59 Å². The number of halogens is 2. The molecule has 0 saturated carbocycles. The maximum Gasteiger partial charge on any atom is 0.328 e. The summed E-state index contributed by atoms with van der Waals surface area (Å²) < 4.78 is 12.0. The molecule has 9 heteroatoms. The van der Waals surface area contributed by atoms with Crippen molar-refractivity contribution < 1.29 is 18.7 Å². The normalized spacial score (nSPS) is 12.3. The van der Waals surface area contributed by atoms with Crippen LogP contribution in [0.15, 0.2) is 83.3 Å². The van der Waals surface area contributed by atoms with Crippen molar-refractivity contribution in [2.45, 2.75) is 36.4 Å². The van der Waals surface area contributed by atoms with Gasteiger partial charge in [0.05, 0.1) is 35.9 Å². The number of esters is 1. The van der Waals surface area contributed by atoms with E-state index in [1.165, 1.54) is 18.2 Å². The second kappa shape index (κ2) is 14.3. The topological polar surface area (TPSA) is 104 Å². The van der Waals surface area contributed by atoms with Gasteiger partial charge in [-0.3, -0.25) is 4.79 Å². The molecule has 1 heterocycles. The number of amides is 1. The molecule has 0 saturated heterocycles. The number of benzene rings is 3. The van der Waals surface area contributed by atoms with Crippen molar-refractivity contribution in [1.82, 2.24) is 10.6 Å². The first kappa shape index (κ1) is 30.3. The standard InChI is InChI=1S/C32H29ClIN3O4/c1-20(24-9-7-22(17-34)8-10-24)36-19-26-12-14-30(41-26)25-11-13-28(33)27(16-25)31(38)37-29(32(39)40-2)15-21-3-5-23(18-35)6-4-21/h3-14,16,20,29,36H,15,17,19H2,1-2H3,(H,37,38)/t20-,29-/m1/s1. The fourth-order valence-corrected chi connectivity index (χ4v) is 4.98. The number of hydrogen-bond acceptors (Lipinski definition) is 6. The Morgan fingerprint density at radius 2 is 1.73 bits per heavy atom. The molecule has 41 heavy (non-hydrogen) atoms. The van der Waals surface area contributed by atoms with E-state index in [2.05, 4.69) is 70.5 Å². The van der Waals surface area contributed by atoms with Gasteiger partial charge in [-0.1, -0.05) is 70.6 Å². The summed E-state index contributed by atoms with van der Waals surface area (Å²) in [5, 5.41) is 15.5. The Morgan fingerprint density at radius 3 is 2.39 bits per heavy atom. The Hall–Kier alpha value is -3.65. The van der Waals surface area contributed by atoms with E-state index in [1.807, 2.05) is 12.1 Å². The fourth-order valence-electron chi connectivity index (χ4n) is 4.27. The van der Waals surface area contributed by atoms with E-state index >= 15 is 0 Å². The Balaban J connectivity index is 1.44. The number of alkyl halides is 1. The summed E-state index contributed by atoms with van der Waals surface area (Å²) in [6.07, 6.45) is 0.191. The van der Waals surface area contributed by atoms with E-state index in [1.54, 1.807) is 42.5 Å². The number of nitrogens with one attached hydrogen (secondary N) is 2. The van der Waals surface area contributed by atoms with Gasteiger partial charge < -0.3 is 19.8 Å². The molecule has 2 N–H and O–H groups in total. The highest BCUT2D eigenvalue weighted by Gasteiger charge is 2.24. The minimum absolute atomic E-state index is 0.143. The maximum absolute atomic E-state index is 13.2. The van der Waals surface area contributed by atoms with Gasteiger partial charge in [0.25, 0.3) is 5.91 Å². The molecule has 1 amide bonds. The van der Waals surface area contributed by atoms with Gasteiger partial charge in [-0.25, -0.2) is 4.79 Å². The number of methoxy groups -OCH3 is 1. The van der Waals surface area contributed by atoms with Crippen LogP contribution in [0.3, 0.4) is 0 Å². The van der Waals surface area contributed by atoms with E-state index in [-0.39, 0.29) is 23.0 Å². The first-order chi connectivity index (χ1) is 19.8.